The van der Waals surface area contributed by atoms with E-state index in [1.165, 1.54) is 32.1 Å². The molecule has 24 heavy (non-hydrogen) atoms. The number of carbonyl (C=O) groups excluding carboxylic acids is 1. The predicted molar refractivity (Wildman–Crippen MR) is 95.9 cm³/mol. The first-order valence-electron chi connectivity index (χ1n) is 10.1. The lowest BCUT2D eigenvalue weighted by molar-refractivity contribution is -0.161. The number of likely N-dealkylation sites (tertiary alicyclic amines) is 1. The van der Waals surface area contributed by atoms with Gasteiger partial charge in [0.25, 0.3) is 5.91 Å². The molecule has 0 bridgehead atoms. The number of aliphatic hydroxyl groups is 1. The van der Waals surface area contributed by atoms with Gasteiger partial charge < -0.3 is 14.9 Å². The van der Waals surface area contributed by atoms with Gasteiger partial charge >= 0.3 is 0 Å². The maximum absolute atomic E-state index is 13.0. The predicted octanol–water partition coefficient (Wildman–Crippen LogP) is 1.56. The van der Waals surface area contributed by atoms with Crippen molar-refractivity contribution >= 4 is 5.91 Å². The number of hydrogen-bond donors (Lipinski definition) is 1. The molecule has 3 rings (SSSR count). The fourth-order valence-corrected chi connectivity index (χ4v) is 4.70. The summed E-state index contributed by atoms with van der Waals surface area (Å²) in [5, 5.41) is 11.1. The van der Waals surface area contributed by atoms with Crippen LogP contribution in [0, 0.1) is 5.92 Å². The summed E-state index contributed by atoms with van der Waals surface area (Å²) >= 11 is 0. The van der Waals surface area contributed by atoms with E-state index in [0.717, 1.165) is 52.2 Å². The molecular formula is C19H35N3O2. The average Bonchev–Trinajstić information content (AvgIpc) is 2.61. The number of piperazine rings is 1. The van der Waals surface area contributed by atoms with Gasteiger partial charge in [0.05, 0.1) is 0 Å². The summed E-state index contributed by atoms with van der Waals surface area (Å²) in [6.07, 6.45) is 8.02. The van der Waals surface area contributed by atoms with Crippen LogP contribution in [0.2, 0.25) is 0 Å². The Hall–Kier alpha value is -0.650. The van der Waals surface area contributed by atoms with Crippen molar-refractivity contribution in [2.75, 3.05) is 52.4 Å². The van der Waals surface area contributed by atoms with Crippen molar-refractivity contribution in [1.29, 1.82) is 0 Å². The van der Waals surface area contributed by atoms with Crippen LogP contribution in [0.25, 0.3) is 0 Å². The maximum Gasteiger partial charge on any atom is 0.255 e. The van der Waals surface area contributed by atoms with Crippen molar-refractivity contribution in [2.45, 2.75) is 57.5 Å². The Morgan fingerprint density at radius 3 is 2.33 bits per heavy atom. The van der Waals surface area contributed by atoms with E-state index >= 15 is 0 Å². The first kappa shape index (κ1) is 18.2. The van der Waals surface area contributed by atoms with Crippen LogP contribution < -0.4 is 0 Å². The van der Waals surface area contributed by atoms with Crippen molar-refractivity contribution < 1.29 is 9.90 Å². The molecule has 1 aliphatic carbocycles. The minimum atomic E-state index is -1.15. The number of hydrogen-bond acceptors (Lipinski definition) is 4. The lowest BCUT2D eigenvalue weighted by Crippen LogP contribution is -2.61. The van der Waals surface area contributed by atoms with Crippen LogP contribution in [0.3, 0.4) is 0 Å². The van der Waals surface area contributed by atoms with E-state index in [4.69, 9.17) is 0 Å². The van der Waals surface area contributed by atoms with E-state index in [9.17, 15) is 9.90 Å². The number of piperidine rings is 1. The molecule has 0 aromatic rings. The van der Waals surface area contributed by atoms with Gasteiger partial charge in [-0.2, -0.15) is 0 Å². The fraction of sp³-hybridized carbons (Fsp3) is 0.947. The molecule has 2 saturated heterocycles. The van der Waals surface area contributed by atoms with Crippen molar-refractivity contribution in [1.82, 2.24) is 14.7 Å². The molecule has 0 unspecified atom stereocenters. The van der Waals surface area contributed by atoms with Crippen LogP contribution in [-0.4, -0.2) is 83.7 Å². The maximum atomic E-state index is 13.0. The summed E-state index contributed by atoms with van der Waals surface area (Å²) < 4.78 is 0. The number of rotatable bonds is 5. The first-order valence-corrected chi connectivity index (χ1v) is 10.1. The quantitative estimate of drug-likeness (QED) is 0.827. The van der Waals surface area contributed by atoms with E-state index in [1.54, 1.807) is 0 Å². The van der Waals surface area contributed by atoms with Crippen LogP contribution in [-0.2, 0) is 4.79 Å². The third-order valence-corrected chi connectivity index (χ3v) is 6.30. The van der Waals surface area contributed by atoms with E-state index < -0.39 is 5.60 Å². The molecule has 1 amide bonds. The van der Waals surface area contributed by atoms with Crippen molar-refractivity contribution in [3.8, 4) is 0 Å². The summed E-state index contributed by atoms with van der Waals surface area (Å²) in [6.45, 7) is 9.52. The zero-order chi connectivity index (χ0) is 17.0. The van der Waals surface area contributed by atoms with Crippen LogP contribution >= 0.6 is 0 Å². The highest BCUT2D eigenvalue weighted by atomic mass is 16.3. The summed E-state index contributed by atoms with van der Waals surface area (Å²) in [7, 11) is 0. The van der Waals surface area contributed by atoms with Crippen LogP contribution in [0.4, 0.5) is 0 Å². The van der Waals surface area contributed by atoms with Gasteiger partial charge in [0, 0.05) is 45.8 Å². The van der Waals surface area contributed by atoms with Crippen LogP contribution in [0.1, 0.15) is 51.9 Å². The monoisotopic (exact) mass is 337 g/mol. The topological polar surface area (TPSA) is 47.0 Å². The summed E-state index contributed by atoms with van der Waals surface area (Å²) in [5.74, 6) is 0.649. The second kappa shape index (κ2) is 8.15. The molecule has 1 saturated carbocycles. The largest absolute Gasteiger partial charge is 0.379 e. The molecular weight excluding hydrogens is 302 g/mol. The molecule has 0 spiro atoms. The fourth-order valence-electron chi connectivity index (χ4n) is 4.70. The van der Waals surface area contributed by atoms with Gasteiger partial charge in [-0.15, -0.1) is 0 Å². The zero-order valence-electron chi connectivity index (χ0n) is 15.4. The Bertz CT molecular complexity index is 417. The third-order valence-electron chi connectivity index (χ3n) is 6.30. The number of β-amino-alcohol motifs (C(OH)–C–C–N with tert-alkyl or cyclic N) is 1. The highest BCUT2D eigenvalue weighted by Gasteiger charge is 2.44. The summed E-state index contributed by atoms with van der Waals surface area (Å²) in [6, 6.07) is 0. The Balaban J connectivity index is 1.54. The van der Waals surface area contributed by atoms with Gasteiger partial charge in [0.2, 0.25) is 0 Å². The highest BCUT2D eigenvalue weighted by Crippen LogP contribution is 2.29. The van der Waals surface area contributed by atoms with Gasteiger partial charge in [-0.1, -0.05) is 26.2 Å². The third kappa shape index (κ3) is 4.30. The minimum absolute atomic E-state index is 0.00255. The lowest BCUT2D eigenvalue weighted by Gasteiger charge is -2.43. The number of amides is 1. The summed E-state index contributed by atoms with van der Waals surface area (Å²) in [4.78, 5) is 19.6. The molecule has 1 N–H and O–H groups in total. The Kier molecular flexibility index (Phi) is 6.17. The molecule has 0 radical (unpaired) electrons. The Morgan fingerprint density at radius 2 is 1.67 bits per heavy atom. The SMILES string of the molecule is CCN1CCN(C[C@@]2(O)CCCN(CC3CCCCC3)C2=O)CC1. The van der Waals surface area contributed by atoms with Crippen molar-refractivity contribution in [3.05, 3.63) is 0 Å². The number of likely N-dealkylation sites (N-methyl/N-ethyl adjacent to an activating group) is 1. The molecule has 138 valence electrons. The van der Waals surface area contributed by atoms with E-state index in [1.807, 2.05) is 4.90 Å². The zero-order valence-corrected chi connectivity index (χ0v) is 15.4. The lowest BCUT2D eigenvalue weighted by atomic mass is 9.86. The van der Waals surface area contributed by atoms with Crippen LogP contribution in [0.5, 0.6) is 0 Å². The standard InChI is InChI=1S/C19H35N3O2/c1-2-20-11-13-21(14-12-20)16-19(24)9-6-10-22(18(19)23)15-17-7-4-3-5-8-17/h17,24H,2-16H2,1H3/t19-/m0/s1. The molecule has 2 heterocycles. The van der Waals surface area contributed by atoms with Gasteiger partial charge in [-0.3, -0.25) is 9.69 Å². The molecule has 0 aromatic carbocycles. The van der Waals surface area contributed by atoms with E-state index in [-0.39, 0.29) is 5.91 Å². The molecule has 3 aliphatic rings. The number of nitrogens with zero attached hydrogens (tertiary/aromatic N) is 3. The van der Waals surface area contributed by atoms with Gasteiger partial charge in [-0.25, -0.2) is 0 Å². The molecule has 5 heteroatoms. The molecule has 2 aliphatic heterocycles. The molecule has 1 atom stereocenters. The number of carbonyl (C=O) groups is 1. The Morgan fingerprint density at radius 1 is 1.00 bits per heavy atom. The molecule has 3 fully saturated rings. The molecule has 0 aromatic heterocycles. The van der Waals surface area contributed by atoms with Crippen LogP contribution in [0.15, 0.2) is 0 Å². The highest BCUT2D eigenvalue weighted by molar-refractivity contribution is 5.86. The molecule has 5 nitrogen and oxygen atoms in total. The van der Waals surface area contributed by atoms with E-state index in [2.05, 4.69) is 16.7 Å². The van der Waals surface area contributed by atoms with Gasteiger partial charge in [-0.05, 0) is 38.1 Å². The smallest absolute Gasteiger partial charge is 0.255 e. The minimum Gasteiger partial charge on any atom is -0.379 e. The van der Waals surface area contributed by atoms with E-state index in [0.29, 0.717) is 18.9 Å². The Labute approximate surface area is 147 Å². The van der Waals surface area contributed by atoms with Gasteiger partial charge in [0.1, 0.15) is 0 Å². The normalized spacial score (nSPS) is 31.6. The second-order valence-electron chi connectivity index (χ2n) is 8.10. The average molecular weight is 338 g/mol. The second-order valence-corrected chi connectivity index (χ2v) is 8.10. The summed E-state index contributed by atoms with van der Waals surface area (Å²) in [5.41, 5.74) is -1.15. The van der Waals surface area contributed by atoms with Gasteiger partial charge in [0.15, 0.2) is 5.60 Å². The van der Waals surface area contributed by atoms with Crippen molar-refractivity contribution in [2.24, 2.45) is 5.92 Å². The van der Waals surface area contributed by atoms with Crippen molar-refractivity contribution in [3.63, 3.8) is 0 Å². The first-order chi connectivity index (χ1) is 11.6.